The molecule has 22 heavy (non-hydrogen) atoms. The number of piperidine rings is 1. The van der Waals surface area contributed by atoms with Gasteiger partial charge in [-0.25, -0.2) is 9.37 Å². The predicted molar refractivity (Wildman–Crippen MR) is 86.0 cm³/mol. The van der Waals surface area contributed by atoms with Crippen LogP contribution in [0, 0.1) is 18.7 Å². The zero-order valence-corrected chi connectivity index (χ0v) is 13.2. The van der Waals surface area contributed by atoms with Crippen molar-refractivity contribution in [1.82, 2.24) is 14.9 Å². The van der Waals surface area contributed by atoms with Crippen molar-refractivity contribution in [3.8, 4) is 0 Å². The van der Waals surface area contributed by atoms with Gasteiger partial charge in [-0.2, -0.15) is 0 Å². The minimum absolute atomic E-state index is 0.0666. The van der Waals surface area contributed by atoms with Gasteiger partial charge in [0, 0.05) is 25.0 Å². The van der Waals surface area contributed by atoms with Crippen molar-refractivity contribution in [3.63, 3.8) is 0 Å². The number of benzene rings is 1. The highest BCUT2D eigenvalue weighted by atomic mass is 19.1. The second-order valence-corrected chi connectivity index (χ2v) is 6.37. The number of halogens is 1. The van der Waals surface area contributed by atoms with E-state index in [1.165, 1.54) is 18.5 Å². The average Bonchev–Trinajstić information content (AvgIpc) is 2.92. The van der Waals surface area contributed by atoms with E-state index in [4.69, 9.17) is 0 Å². The molecule has 1 saturated heterocycles. The lowest BCUT2D eigenvalue weighted by molar-refractivity contribution is 0.160. The molecule has 0 aliphatic carbocycles. The number of likely N-dealkylation sites (tertiary alicyclic amines) is 1. The molecule has 1 aliphatic heterocycles. The summed E-state index contributed by atoms with van der Waals surface area (Å²) in [5.41, 5.74) is 2.04. The maximum Gasteiger partial charge on any atom is 0.126 e. The molecule has 1 aromatic carbocycles. The Bertz CT molecular complexity index is 608. The number of nitrogens with zero attached hydrogens (tertiary/aromatic N) is 2. The third kappa shape index (κ3) is 3.95. The van der Waals surface area contributed by atoms with Crippen LogP contribution in [0.2, 0.25) is 0 Å². The highest BCUT2D eigenvalue weighted by molar-refractivity contribution is 5.17. The number of aromatic nitrogens is 2. The molecule has 118 valence electrons. The van der Waals surface area contributed by atoms with Gasteiger partial charge >= 0.3 is 0 Å². The van der Waals surface area contributed by atoms with Gasteiger partial charge in [-0.3, -0.25) is 4.90 Å². The van der Waals surface area contributed by atoms with Gasteiger partial charge < -0.3 is 4.98 Å². The Kier molecular flexibility index (Phi) is 4.88. The maximum absolute atomic E-state index is 13.7. The Balaban J connectivity index is 1.51. The van der Waals surface area contributed by atoms with Gasteiger partial charge in [0.1, 0.15) is 11.6 Å². The monoisotopic (exact) mass is 301 g/mol. The first-order valence-corrected chi connectivity index (χ1v) is 8.17. The van der Waals surface area contributed by atoms with E-state index < -0.39 is 0 Å². The van der Waals surface area contributed by atoms with E-state index in [2.05, 4.69) is 14.9 Å². The number of H-pyrrole nitrogens is 1. The minimum atomic E-state index is -0.0666. The van der Waals surface area contributed by atoms with Crippen molar-refractivity contribution in [3.05, 3.63) is 53.4 Å². The quantitative estimate of drug-likeness (QED) is 0.913. The largest absolute Gasteiger partial charge is 0.345 e. The van der Waals surface area contributed by atoms with Crippen LogP contribution in [0.1, 0.15) is 36.3 Å². The summed E-state index contributed by atoms with van der Waals surface area (Å²) < 4.78 is 13.7. The number of aryl methyl sites for hydroxylation is 2. The molecule has 0 saturated carbocycles. The zero-order chi connectivity index (χ0) is 15.4. The van der Waals surface area contributed by atoms with Crippen molar-refractivity contribution in [2.75, 3.05) is 13.1 Å². The summed E-state index contributed by atoms with van der Waals surface area (Å²) >= 11 is 0. The fourth-order valence-corrected chi connectivity index (χ4v) is 3.38. The number of hydrogen-bond acceptors (Lipinski definition) is 2. The van der Waals surface area contributed by atoms with Crippen molar-refractivity contribution < 1.29 is 4.39 Å². The van der Waals surface area contributed by atoms with Gasteiger partial charge in [-0.05, 0) is 56.7 Å². The lowest BCUT2D eigenvalue weighted by Gasteiger charge is -2.32. The van der Waals surface area contributed by atoms with Crippen LogP contribution in [-0.2, 0) is 13.0 Å². The van der Waals surface area contributed by atoms with Crippen molar-refractivity contribution in [2.24, 2.45) is 5.92 Å². The Morgan fingerprint density at radius 3 is 3.00 bits per heavy atom. The molecular weight excluding hydrogens is 277 g/mol. The van der Waals surface area contributed by atoms with Crippen molar-refractivity contribution >= 4 is 0 Å². The molecule has 3 rings (SSSR count). The molecule has 3 nitrogen and oxygen atoms in total. The molecule has 4 heteroatoms. The van der Waals surface area contributed by atoms with Crippen LogP contribution in [0.5, 0.6) is 0 Å². The molecule has 2 heterocycles. The van der Waals surface area contributed by atoms with E-state index in [1.54, 1.807) is 12.1 Å². The van der Waals surface area contributed by atoms with Gasteiger partial charge in [-0.15, -0.1) is 0 Å². The first-order valence-electron chi connectivity index (χ1n) is 8.17. The fourth-order valence-electron chi connectivity index (χ4n) is 3.38. The molecule has 1 atom stereocenters. The van der Waals surface area contributed by atoms with Gasteiger partial charge in [-0.1, -0.05) is 18.2 Å². The predicted octanol–water partition coefficient (Wildman–Crippen LogP) is 3.70. The van der Waals surface area contributed by atoms with E-state index in [1.807, 2.05) is 25.3 Å². The van der Waals surface area contributed by atoms with Crippen LogP contribution in [0.15, 0.2) is 30.5 Å². The molecule has 1 fully saturated rings. The summed E-state index contributed by atoms with van der Waals surface area (Å²) in [4.78, 5) is 10.1. The molecule has 1 aliphatic rings. The van der Waals surface area contributed by atoms with Crippen molar-refractivity contribution in [2.45, 2.75) is 39.2 Å². The van der Waals surface area contributed by atoms with E-state index in [-0.39, 0.29) is 5.82 Å². The third-order valence-corrected chi connectivity index (χ3v) is 4.53. The number of imidazole rings is 1. The highest BCUT2D eigenvalue weighted by Crippen LogP contribution is 2.23. The number of rotatable bonds is 5. The van der Waals surface area contributed by atoms with Gasteiger partial charge in [0.25, 0.3) is 0 Å². The minimum Gasteiger partial charge on any atom is -0.345 e. The standard InChI is InChI=1S/C18H24FN3/c1-14-20-11-17(21-14)13-22-10-4-5-15(12-22)8-9-16-6-2-3-7-18(16)19/h2-3,6-7,11,15H,4-5,8-10,12-13H2,1H3,(H,20,21)/t15-/m1/s1. The summed E-state index contributed by atoms with van der Waals surface area (Å²) in [6.45, 7) is 5.18. The van der Waals surface area contributed by atoms with E-state index in [0.717, 1.165) is 43.9 Å². The third-order valence-electron chi connectivity index (χ3n) is 4.53. The topological polar surface area (TPSA) is 31.9 Å². The van der Waals surface area contributed by atoms with Crippen LogP contribution in [0.3, 0.4) is 0 Å². The lowest BCUT2D eigenvalue weighted by Crippen LogP contribution is -2.35. The van der Waals surface area contributed by atoms with Crippen molar-refractivity contribution in [1.29, 1.82) is 0 Å². The Hall–Kier alpha value is -1.68. The molecule has 1 aromatic heterocycles. The normalized spacial score (nSPS) is 19.5. The summed E-state index contributed by atoms with van der Waals surface area (Å²) in [7, 11) is 0. The molecule has 0 amide bonds. The van der Waals surface area contributed by atoms with E-state index in [9.17, 15) is 4.39 Å². The number of hydrogen-bond donors (Lipinski definition) is 1. The molecule has 0 unspecified atom stereocenters. The first-order chi connectivity index (χ1) is 10.7. The van der Waals surface area contributed by atoms with Crippen LogP contribution < -0.4 is 0 Å². The van der Waals surface area contributed by atoms with Gasteiger partial charge in [0.15, 0.2) is 0 Å². The Morgan fingerprint density at radius 1 is 1.36 bits per heavy atom. The van der Waals surface area contributed by atoms with Crippen LogP contribution in [0.25, 0.3) is 0 Å². The summed E-state index contributed by atoms with van der Waals surface area (Å²) in [5.74, 6) is 1.57. The van der Waals surface area contributed by atoms with Crippen LogP contribution in [-0.4, -0.2) is 28.0 Å². The molecule has 0 bridgehead atoms. The van der Waals surface area contributed by atoms with Crippen LogP contribution >= 0.6 is 0 Å². The molecule has 0 radical (unpaired) electrons. The second-order valence-electron chi connectivity index (χ2n) is 6.37. The second kappa shape index (κ2) is 7.05. The SMILES string of the molecule is Cc1ncc(CN2CCC[C@H](CCc3ccccc3F)C2)[nH]1. The number of nitrogens with one attached hydrogen (secondary N) is 1. The summed E-state index contributed by atoms with van der Waals surface area (Å²) in [6.07, 6.45) is 6.33. The molecule has 0 spiro atoms. The zero-order valence-electron chi connectivity index (χ0n) is 13.2. The van der Waals surface area contributed by atoms with E-state index >= 15 is 0 Å². The van der Waals surface area contributed by atoms with Gasteiger partial charge in [0.2, 0.25) is 0 Å². The number of aromatic amines is 1. The summed E-state index contributed by atoms with van der Waals surface area (Å²) in [5, 5.41) is 0. The smallest absolute Gasteiger partial charge is 0.126 e. The summed E-state index contributed by atoms with van der Waals surface area (Å²) in [6, 6.07) is 7.14. The molecular formula is C18H24FN3. The molecule has 1 N–H and O–H groups in total. The average molecular weight is 301 g/mol. The first kappa shape index (κ1) is 15.2. The lowest BCUT2D eigenvalue weighted by atomic mass is 9.91. The Labute approximate surface area is 131 Å². The van der Waals surface area contributed by atoms with E-state index in [0.29, 0.717) is 5.92 Å². The fraction of sp³-hybridized carbons (Fsp3) is 0.500. The Morgan fingerprint density at radius 2 is 2.23 bits per heavy atom. The molecule has 2 aromatic rings. The highest BCUT2D eigenvalue weighted by Gasteiger charge is 2.20. The maximum atomic E-state index is 13.7. The van der Waals surface area contributed by atoms with Gasteiger partial charge in [0.05, 0.1) is 0 Å². The van der Waals surface area contributed by atoms with Crippen LogP contribution in [0.4, 0.5) is 4.39 Å².